The number of fused-ring (bicyclic) bond motifs is 1. The summed E-state index contributed by atoms with van der Waals surface area (Å²) in [5, 5.41) is 3.01. The van der Waals surface area contributed by atoms with Crippen molar-refractivity contribution in [2.24, 2.45) is 5.73 Å². The lowest BCUT2D eigenvalue weighted by Crippen LogP contribution is -2.52. The van der Waals surface area contributed by atoms with E-state index in [1.807, 2.05) is 18.2 Å². The normalized spacial score (nSPS) is 15.7. The van der Waals surface area contributed by atoms with Crippen molar-refractivity contribution >= 4 is 41.8 Å². The average Bonchev–Trinajstić information content (AvgIpc) is 3.11. The Hall–Kier alpha value is -1.30. The Morgan fingerprint density at radius 2 is 1.92 bits per heavy atom. The highest BCUT2D eigenvalue weighted by atomic mass is 35.5. The van der Waals surface area contributed by atoms with E-state index in [2.05, 4.69) is 29.8 Å². The van der Waals surface area contributed by atoms with Gasteiger partial charge in [-0.15, -0.1) is 24.8 Å². The van der Waals surface area contributed by atoms with Crippen molar-refractivity contribution in [3.63, 3.8) is 0 Å². The molecule has 5 nitrogen and oxygen atoms in total. The van der Waals surface area contributed by atoms with Crippen LogP contribution < -0.4 is 11.1 Å². The number of nitrogens with zero attached hydrogens (tertiary/aromatic N) is 2. The molecule has 0 unspecified atom stereocenters. The van der Waals surface area contributed by atoms with Crippen LogP contribution in [0.15, 0.2) is 24.3 Å². The van der Waals surface area contributed by atoms with Crippen molar-refractivity contribution in [1.29, 1.82) is 0 Å². The summed E-state index contributed by atoms with van der Waals surface area (Å²) in [4.78, 5) is 17.0. The first-order valence-electron chi connectivity index (χ1n) is 8.54. The van der Waals surface area contributed by atoms with E-state index < -0.39 is 5.54 Å². The summed E-state index contributed by atoms with van der Waals surface area (Å²) in [6.45, 7) is 4.89. The molecule has 2 aromatic rings. The highest BCUT2D eigenvalue weighted by molar-refractivity contribution is 5.86. The van der Waals surface area contributed by atoms with Gasteiger partial charge in [-0.1, -0.05) is 25.0 Å². The summed E-state index contributed by atoms with van der Waals surface area (Å²) in [5.74, 6) is 1.00. The van der Waals surface area contributed by atoms with Gasteiger partial charge < -0.3 is 15.6 Å². The molecule has 1 aliphatic rings. The van der Waals surface area contributed by atoms with E-state index in [1.54, 1.807) is 0 Å². The zero-order valence-corrected chi connectivity index (χ0v) is 16.5. The molecular weight excluding hydrogens is 359 g/mol. The largest absolute Gasteiger partial charge is 0.354 e. The van der Waals surface area contributed by atoms with Crippen LogP contribution in [-0.2, 0) is 11.2 Å². The minimum absolute atomic E-state index is 0. The van der Waals surface area contributed by atoms with E-state index in [4.69, 9.17) is 10.7 Å². The number of hydrogen-bond donors (Lipinski definition) is 2. The van der Waals surface area contributed by atoms with Gasteiger partial charge in [-0.25, -0.2) is 4.98 Å². The minimum atomic E-state index is -0.655. The van der Waals surface area contributed by atoms with Crippen LogP contribution in [0.3, 0.4) is 0 Å². The number of hydrogen-bond acceptors (Lipinski definition) is 3. The summed E-state index contributed by atoms with van der Waals surface area (Å²) < 4.78 is 2.25. The van der Waals surface area contributed by atoms with Crippen LogP contribution in [0.25, 0.3) is 11.0 Å². The van der Waals surface area contributed by atoms with E-state index >= 15 is 0 Å². The first-order valence-corrected chi connectivity index (χ1v) is 8.54. The average molecular weight is 387 g/mol. The fourth-order valence-corrected chi connectivity index (χ4v) is 3.54. The van der Waals surface area contributed by atoms with E-state index in [-0.39, 0.29) is 30.7 Å². The molecule has 7 heteroatoms. The van der Waals surface area contributed by atoms with Crippen LogP contribution in [0.2, 0.25) is 0 Å². The summed E-state index contributed by atoms with van der Waals surface area (Å²) in [7, 11) is 0. The second-order valence-electron chi connectivity index (χ2n) is 6.85. The molecule has 1 amide bonds. The van der Waals surface area contributed by atoms with Crippen LogP contribution in [0.5, 0.6) is 0 Å². The molecule has 0 bridgehead atoms. The second-order valence-corrected chi connectivity index (χ2v) is 6.85. The molecule has 1 saturated carbocycles. The number of carbonyl (C=O) groups excluding carboxylic acids is 1. The first kappa shape index (κ1) is 21.7. The highest BCUT2D eigenvalue weighted by Gasteiger charge is 2.36. The maximum Gasteiger partial charge on any atom is 0.240 e. The number of nitrogens with one attached hydrogen (secondary N) is 1. The number of aromatic nitrogens is 2. The Kier molecular flexibility index (Phi) is 7.72. The third-order valence-corrected chi connectivity index (χ3v) is 4.77. The summed E-state index contributed by atoms with van der Waals surface area (Å²) in [6.07, 6.45) is 4.40. The summed E-state index contributed by atoms with van der Waals surface area (Å²) in [6, 6.07) is 8.50. The topological polar surface area (TPSA) is 72.9 Å². The lowest BCUT2D eigenvalue weighted by molar-refractivity contribution is -0.126. The molecule has 0 spiro atoms. The maximum atomic E-state index is 12.3. The number of halogens is 2. The third-order valence-electron chi connectivity index (χ3n) is 4.77. The molecule has 1 fully saturated rings. The molecular formula is C18H28Cl2N4O. The predicted octanol–water partition coefficient (Wildman–Crippen LogP) is 3.39. The second kappa shape index (κ2) is 8.88. The first-order chi connectivity index (χ1) is 11.0. The standard InChI is InChI=1S/C18H26N4O.2ClH/c1-13(2)22-15-8-4-3-7-14(15)21-16(22)9-12-20-17(23)18(19)10-5-6-11-18;;/h3-4,7-8,13H,5-6,9-12,19H2,1-2H3,(H,20,23);2*1H. The quantitative estimate of drug-likeness (QED) is 0.826. The molecule has 1 aromatic heterocycles. The Morgan fingerprint density at radius 3 is 2.56 bits per heavy atom. The molecule has 0 atom stereocenters. The van der Waals surface area contributed by atoms with Gasteiger partial charge >= 0.3 is 0 Å². The van der Waals surface area contributed by atoms with Crippen molar-refractivity contribution in [3.05, 3.63) is 30.1 Å². The molecule has 1 aromatic carbocycles. The number of imidazole rings is 1. The van der Waals surface area contributed by atoms with Gasteiger partial charge in [0.2, 0.25) is 5.91 Å². The number of nitrogens with two attached hydrogens (primary N) is 1. The summed E-state index contributed by atoms with van der Waals surface area (Å²) in [5.41, 5.74) is 7.69. The molecule has 140 valence electrons. The van der Waals surface area contributed by atoms with Gasteiger partial charge in [0.15, 0.2) is 0 Å². The van der Waals surface area contributed by atoms with Gasteiger partial charge in [0, 0.05) is 19.0 Å². The van der Waals surface area contributed by atoms with Gasteiger partial charge in [0.1, 0.15) is 5.82 Å². The molecule has 3 rings (SSSR count). The van der Waals surface area contributed by atoms with Crippen molar-refractivity contribution in [3.8, 4) is 0 Å². The number of rotatable bonds is 5. The Bertz CT molecular complexity index is 708. The van der Waals surface area contributed by atoms with Crippen molar-refractivity contribution in [2.75, 3.05) is 6.54 Å². The number of para-hydroxylation sites is 2. The summed E-state index contributed by atoms with van der Waals surface area (Å²) >= 11 is 0. The molecule has 1 heterocycles. The third kappa shape index (κ3) is 4.46. The van der Waals surface area contributed by atoms with Gasteiger partial charge in [0.05, 0.1) is 16.6 Å². The molecule has 0 radical (unpaired) electrons. The SMILES string of the molecule is CC(C)n1c(CCNC(=O)C2(N)CCCC2)nc2ccccc21.Cl.Cl. The fraction of sp³-hybridized carbons (Fsp3) is 0.556. The van der Waals surface area contributed by atoms with Crippen LogP contribution in [0.4, 0.5) is 0 Å². The predicted molar refractivity (Wildman–Crippen MR) is 107 cm³/mol. The van der Waals surface area contributed by atoms with Gasteiger partial charge in [-0.05, 0) is 38.8 Å². The zero-order chi connectivity index (χ0) is 16.4. The van der Waals surface area contributed by atoms with E-state index in [1.165, 1.54) is 0 Å². The lowest BCUT2D eigenvalue weighted by Gasteiger charge is -2.22. The Balaban J connectivity index is 0.00000156. The number of amides is 1. The Morgan fingerprint density at radius 1 is 1.28 bits per heavy atom. The van der Waals surface area contributed by atoms with Crippen LogP contribution >= 0.6 is 24.8 Å². The van der Waals surface area contributed by atoms with Crippen molar-refractivity contribution in [2.45, 2.75) is 57.5 Å². The van der Waals surface area contributed by atoms with Crippen LogP contribution in [0.1, 0.15) is 51.4 Å². The minimum Gasteiger partial charge on any atom is -0.354 e. The molecule has 1 aliphatic carbocycles. The molecule has 0 saturated heterocycles. The van der Waals surface area contributed by atoms with Gasteiger partial charge in [-0.3, -0.25) is 4.79 Å². The molecule has 3 N–H and O–H groups in total. The molecule has 25 heavy (non-hydrogen) atoms. The van der Waals surface area contributed by atoms with E-state index in [9.17, 15) is 4.79 Å². The van der Waals surface area contributed by atoms with Crippen molar-refractivity contribution < 1.29 is 4.79 Å². The number of benzene rings is 1. The van der Waals surface area contributed by atoms with Gasteiger partial charge in [-0.2, -0.15) is 0 Å². The fourth-order valence-electron chi connectivity index (χ4n) is 3.54. The van der Waals surface area contributed by atoms with E-state index in [0.717, 1.165) is 42.5 Å². The molecule has 0 aliphatic heterocycles. The van der Waals surface area contributed by atoms with Crippen LogP contribution in [0, 0.1) is 0 Å². The zero-order valence-electron chi connectivity index (χ0n) is 14.8. The van der Waals surface area contributed by atoms with Crippen LogP contribution in [-0.4, -0.2) is 27.5 Å². The maximum absolute atomic E-state index is 12.3. The highest BCUT2D eigenvalue weighted by Crippen LogP contribution is 2.27. The number of carbonyl (C=O) groups is 1. The lowest BCUT2D eigenvalue weighted by atomic mass is 9.98. The Labute approximate surface area is 161 Å². The van der Waals surface area contributed by atoms with Crippen molar-refractivity contribution in [1.82, 2.24) is 14.9 Å². The van der Waals surface area contributed by atoms with E-state index in [0.29, 0.717) is 19.0 Å². The monoisotopic (exact) mass is 386 g/mol. The van der Waals surface area contributed by atoms with Gasteiger partial charge in [0.25, 0.3) is 0 Å². The smallest absolute Gasteiger partial charge is 0.240 e.